The van der Waals surface area contributed by atoms with E-state index < -0.39 is 0 Å². The normalized spacial score (nSPS) is 11.3. The van der Waals surface area contributed by atoms with E-state index in [0.29, 0.717) is 12.6 Å². The van der Waals surface area contributed by atoms with Gasteiger partial charge in [-0.15, -0.1) is 0 Å². The number of nitrogens with one attached hydrogen (secondary N) is 1. The summed E-state index contributed by atoms with van der Waals surface area (Å²) in [7, 11) is 0. The molecule has 0 saturated carbocycles. The van der Waals surface area contributed by atoms with Gasteiger partial charge in [0.2, 0.25) is 0 Å². The average molecular weight is 275 g/mol. The van der Waals surface area contributed by atoms with Crippen LogP contribution in [0.4, 0.5) is 4.39 Å². The summed E-state index contributed by atoms with van der Waals surface area (Å²) in [4.78, 5) is 0. The van der Waals surface area contributed by atoms with E-state index in [1.54, 1.807) is 6.07 Å². The third kappa shape index (κ3) is 3.07. The maximum absolute atomic E-state index is 13.5. The molecule has 0 unspecified atom stereocenters. The molecule has 2 aromatic rings. The van der Waals surface area contributed by atoms with Crippen molar-refractivity contribution in [3.8, 4) is 11.1 Å². The lowest BCUT2D eigenvalue weighted by Gasteiger charge is -2.13. The van der Waals surface area contributed by atoms with Crippen LogP contribution in [0.15, 0.2) is 24.4 Å². The lowest BCUT2D eigenvalue weighted by atomic mass is 10.00. The predicted octanol–water partition coefficient (Wildman–Crippen LogP) is 3.52. The molecule has 0 aliphatic heterocycles. The fraction of sp³-hybridized carbons (Fsp3) is 0.438. The summed E-state index contributed by atoms with van der Waals surface area (Å²) < 4.78 is 15.5. The molecule has 108 valence electrons. The van der Waals surface area contributed by atoms with Gasteiger partial charge in [-0.25, -0.2) is 4.39 Å². The smallest absolute Gasteiger partial charge is 0.123 e. The number of benzene rings is 1. The Morgan fingerprint density at radius 3 is 2.65 bits per heavy atom. The molecule has 0 aliphatic carbocycles. The van der Waals surface area contributed by atoms with Crippen molar-refractivity contribution in [2.24, 2.45) is 0 Å². The van der Waals surface area contributed by atoms with E-state index in [-0.39, 0.29) is 5.82 Å². The van der Waals surface area contributed by atoms with Crippen LogP contribution in [0.2, 0.25) is 0 Å². The molecular formula is C16H22FN3. The number of halogens is 1. The zero-order valence-corrected chi connectivity index (χ0v) is 12.6. The summed E-state index contributed by atoms with van der Waals surface area (Å²) in [5, 5.41) is 7.72. The third-order valence-electron chi connectivity index (χ3n) is 3.46. The largest absolute Gasteiger partial charge is 0.310 e. The van der Waals surface area contributed by atoms with Crippen molar-refractivity contribution in [2.75, 3.05) is 0 Å². The Morgan fingerprint density at radius 1 is 1.30 bits per heavy atom. The van der Waals surface area contributed by atoms with E-state index in [9.17, 15) is 4.39 Å². The molecule has 0 amide bonds. The minimum absolute atomic E-state index is 0.199. The lowest BCUT2D eigenvalue weighted by molar-refractivity contribution is 0.582. The van der Waals surface area contributed by atoms with Gasteiger partial charge < -0.3 is 5.32 Å². The maximum Gasteiger partial charge on any atom is 0.123 e. The lowest BCUT2D eigenvalue weighted by Crippen LogP contribution is -2.22. The predicted molar refractivity (Wildman–Crippen MR) is 80.0 cm³/mol. The highest BCUT2D eigenvalue weighted by atomic mass is 19.1. The van der Waals surface area contributed by atoms with Crippen molar-refractivity contribution in [1.82, 2.24) is 15.1 Å². The van der Waals surface area contributed by atoms with Crippen molar-refractivity contribution in [3.63, 3.8) is 0 Å². The van der Waals surface area contributed by atoms with Crippen LogP contribution in [0, 0.1) is 12.7 Å². The Bertz CT molecular complexity index is 587. The summed E-state index contributed by atoms with van der Waals surface area (Å²) >= 11 is 0. The second-order valence-corrected chi connectivity index (χ2v) is 5.30. The summed E-state index contributed by atoms with van der Waals surface area (Å²) in [6.45, 7) is 9.78. The molecule has 0 atom stereocenters. The van der Waals surface area contributed by atoms with Gasteiger partial charge in [0, 0.05) is 30.4 Å². The molecule has 1 heterocycles. The van der Waals surface area contributed by atoms with Crippen molar-refractivity contribution in [2.45, 2.75) is 46.8 Å². The van der Waals surface area contributed by atoms with Crippen LogP contribution in [0.1, 0.15) is 32.0 Å². The SMILES string of the molecule is CCn1ncc(-c2ccc(F)cc2CNC(C)C)c1C. The second-order valence-electron chi connectivity index (χ2n) is 5.30. The first-order chi connectivity index (χ1) is 9.52. The number of aryl methyl sites for hydroxylation is 1. The van der Waals surface area contributed by atoms with Crippen molar-refractivity contribution < 1.29 is 4.39 Å². The average Bonchev–Trinajstić information content (AvgIpc) is 2.77. The molecule has 0 fully saturated rings. The first kappa shape index (κ1) is 14.7. The zero-order chi connectivity index (χ0) is 14.7. The number of aromatic nitrogens is 2. The molecule has 0 aliphatic rings. The molecule has 0 saturated heterocycles. The van der Waals surface area contributed by atoms with Gasteiger partial charge in [0.1, 0.15) is 5.82 Å². The highest BCUT2D eigenvalue weighted by Crippen LogP contribution is 2.27. The molecule has 4 heteroatoms. The van der Waals surface area contributed by atoms with Crippen LogP contribution < -0.4 is 5.32 Å². The Labute approximate surface area is 119 Å². The number of hydrogen-bond donors (Lipinski definition) is 1. The van der Waals surface area contributed by atoms with Gasteiger partial charge in [-0.3, -0.25) is 4.68 Å². The van der Waals surface area contributed by atoms with E-state index in [2.05, 4.69) is 38.1 Å². The Morgan fingerprint density at radius 2 is 2.05 bits per heavy atom. The summed E-state index contributed by atoms with van der Waals surface area (Å²) in [5.41, 5.74) is 4.21. The van der Waals surface area contributed by atoms with Crippen molar-refractivity contribution in [1.29, 1.82) is 0 Å². The quantitative estimate of drug-likeness (QED) is 0.905. The first-order valence-electron chi connectivity index (χ1n) is 7.07. The summed E-state index contributed by atoms with van der Waals surface area (Å²) in [6, 6.07) is 5.33. The van der Waals surface area contributed by atoms with Gasteiger partial charge in [-0.1, -0.05) is 19.9 Å². The highest BCUT2D eigenvalue weighted by molar-refractivity contribution is 5.69. The monoisotopic (exact) mass is 275 g/mol. The van der Waals surface area contributed by atoms with Crippen molar-refractivity contribution >= 4 is 0 Å². The minimum Gasteiger partial charge on any atom is -0.310 e. The Balaban J connectivity index is 2.41. The number of hydrogen-bond acceptors (Lipinski definition) is 2. The molecule has 3 nitrogen and oxygen atoms in total. The minimum atomic E-state index is -0.199. The van der Waals surface area contributed by atoms with E-state index in [4.69, 9.17) is 0 Å². The highest BCUT2D eigenvalue weighted by Gasteiger charge is 2.12. The molecule has 2 rings (SSSR count). The molecule has 20 heavy (non-hydrogen) atoms. The molecule has 1 aromatic carbocycles. The van der Waals surface area contributed by atoms with Gasteiger partial charge in [0.15, 0.2) is 0 Å². The third-order valence-corrected chi connectivity index (χ3v) is 3.46. The van der Waals surface area contributed by atoms with Crippen LogP contribution >= 0.6 is 0 Å². The van der Waals surface area contributed by atoms with E-state index >= 15 is 0 Å². The van der Waals surface area contributed by atoms with Gasteiger partial charge in [-0.2, -0.15) is 5.10 Å². The second kappa shape index (κ2) is 6.18. The van der Waals surface area contributed by atoms with Crippen LogP contribution in [-0.2, 0) is 13.1 Å². The van der Waals surface area contributed by atoms with Crippen LogP contribution in [0.5, 0.6) is 0 Å². The molecular weight excluding hydrogens is 253 g/mol. The topological polar surface area (TPSA) is 29.9 Å². The standard InChI is InChI=1S/C16H22FN3/c1-5-20-12(4)16(10-19-20)15-7-6-14(17)8-13(15)9-18-11(2)3/h6-8,10-11,18H,5,9H2,1-4H3. The van der Waals surface area contributed by atoms with Crippen LogP contribution in [0.3, 0.4) is 0 Å². The van der Waals surface area contributed by atoms with Gasteiger partial charge in [0.25, 0.3) is 0 Å². The number of rotatable bonds is 5. The molecule has 0 bridgehead atoms. The molecule has 0 spiro atoms. The summed E-state index contributed by atoms with van der Waals surface area (Å²) in [6.07, 6.45) is 1.87. The number of nitrogens with zero attached hydrogens (tertiary/aromatic N) is 2. The summed E-state index contributed by atoms with van der Waals surface area (Å²) in [5.74, 6) is -0.199. The van der Waals surface area contributed by atoms with Crippen molar-refractivity contribution in [3.05, 3.63) is 41.5 Å². The van der Waals surface area contributed by atoms with Gasteiger partial charge >= 0.3 is 0 Å². The van der Waals surface area contributed by atoms with E-state index in [0.717, 1.165) is 28.9 Å². The Kier molecular flexibility index (Phi) is 4.55. The van der Waals surface area contributed by atoms with Crippen LogP contribution in [0.25, 0.3) is 11.1 Å². The maximum atomic E-state index is 13.5. The first-order valence-corrected chi connectivity index (χ1v) is 7.07. The van der Waals surface area contributed by atoms with Gasteiger partial charge in [-0.05, 0) is 37.1 Å². The van der Waals surface area contributed by atoms with E-state index in [1.165, 1.54) is 6.07 Å². The fourth-order valence-electron chi connectivity index (χ4n) is 2.32. The molecule has 1 N–H and O–H groups in total. The fourth-order valence-corrected chi connectivity index (χ4v) is 2.32. The molecule has 0 radical (unpaired) electrons. The van der Waals surface area contributed by atoms with E-state index in [1.807, 2.05) is 16.9 Å². The van der Waals surface area contributed by atoms with Crippen LogP contribution in [-0.4, -0.2) is 15.8 Å². The Hall–Kier alpha value is -1.68. The van der Waals surface area contributed by atoms with Gasteiger partial charge in [0.05, 0.1) is 6.20 Å². The molecule has 1 aromatic heterocycles. The zero-order valence-electron chi connectivity index (χ0n) is 12.6.